The van der Waals surface area contributed by atoms with Gasteiger partial charge in [0.05, 0.1) is 17.1 Å². The Kier molecular flexibility index (Phi) is 6.61. The highest BCUT2D eigenvalue weighted by Crippen LogP contribution is 2.22. The lowest BCUT2D eigenvalue weighted by molar-refractivity contribution is -0.143. The molecule has 0 aliphatic carbocycles. The summed E-state index contributed by atoms with van der Waals surface area (Å²) in [7, 11) is 0. The zero-order chi connectivity index (χ0) is 19.2. The number of amides is 2. The molecule has 27 heavy (non-hydrogen) atoms. The van der Waals surface area contributed by atoms with Crippen molar-refractivity contribution >= 4 is 23.2 Å². The van der Waals surface area contributed by atoms with Crippen LogP contribution < -0.4 is 0 Å². The van der Waals surface area contributed by atoms with E-state index in [9.17, 15) is 9.59 Å². The number of aromatic nitrogens is 1. The largest absolute Gasteiger partial charge is 0.341 e. The summed E-state index contributed by atoms with van der Waals surface area (Å²) in [4.78, 5) is 33.7. The van der Waals surface area contributed by atoms with E-state index in [1.165, 1.54) is 5.56 Å². The molecule has 1 aromatic heterocycles. The number of carbonyl (C=O) groups is 2. The van der Waals surface area contributed by atoms with Gasteiger partial charge in [-0.15, -0.1) is 11.3 Å². The Bertz CT molecular complexity index is 771. The standard InChI is InChI=1S/C21H27N3O2S/c1-3-23(4-2)21(26)18-11-8-12-24(18)20(25)14-17-15-27-19(22-17)13-16-9-6-5-7-10-16/h5-7,9-10,15,18H,3-4,8,11-14H2,1-2H3. The maximum atomic E-state index is 12.8. The maximum Gasteiger partial charge on any atom is 0.245 e. The fourth-order valence-electron chi connectivity index (χ4n) is 3.61. The number of thiazole rings is 1. The SMILES string of the molecule is CCN(CC)C(=O)C1CCCN1C(=O)Cc1csc(Cc2ccccc2)n1. The van der Waals surface area contributed by atoms with Crippen molar-refractivity contribution in [2.24, 2.45) is 0 Å². The molecule has 1 aliphatic heterocycles. The lowest BCUT2D eigenvalue weighted by atomic mass is 10.1. The molecule has 1 saturated heterocycles. The van der Waals surface area contributed by atoms with E-state index in [0.29, 0.717) is 19.6 Å². The zero-order valence-corrected chi connectivity index (χ0v) is 16.9. The van der Waals surface area contributed by atoms with Crippen LogP contribution >= 0.6 is 11.3 Å². The summed E-state index contributed by atoms with van der Waals surface area (Å²) < 4.78 is 0. The first-order valence-corrected chi connectivity index (χ1v) is 10.6. The smallest absolute Gasteiger partial charge is 0.245 e. The van der Waals surface area contributed by atoms with Crippen LogP contribution in [0.25, 0.3) is 0 Å². The fourth-order valence-corrected chi connectivity index (χ4v) is 4.43. The molecule has 0 radical (unpaired) electrons. The van der Waals surface area contributed by atoms with Crippen LogP contribution in [0.3, 0.4) is 0 Å². The minimum atomic E-state index is -0.306. The number of likely N-dealkylation sites (N-methyl/N-ethyl adjacent to an activating group) is 1. The van der Waals surface area contributed by atoms with Crippen LogP contribution in [0.2, 0.25) is 0 Å². The number of nitrogens with zero attached hydrogens (tertiary/aromatic N) is 3. The van der Waals surface area contributed by atoms with Crippen LogP contribution in [0.1, 0.15) is 43.0 Å². The Morgan fingerprint density at radius 3 is 2.67 bits per heavy atom. The Balaban J connectivity index is 1.62. The normalized spacial score (nSPS) is 16.5. The highest BCUT2D eigenvalue weighted by molar-refractivity contribution is 7.09. The molecule has 0 saturated carbocycles. The monoisotopic (exact) mass is 385 g/mol. The van der Waals surface area contributed by atoms with Gasteiger partial charge in [0, 0.05) is 31.4 Å². The van der Waals surface area contributed by atoms with Crippen LogP contribution in [0, 0.1) is 0 Å². The second-order valence-corrected chi connectivity index (χ2v) is 7.77. The van der Waals surface area contributed by atoms with Crippen molar-refractivity contribution < 1.29 is 9.59 Å². The van der Waals surface area contributed by atoms with Crippen molar-refractivity contribution in [1.29, 1.82) is 0 Å². The van der Waals surface area contributed by atoms with Gasteiger partial charge >= 0.3 is 0 Å². The number of carbonyl (C=O) groups excluding carboxylic acids is 2. The molecule has 1 fully saturated rings. The van der Waals surface area contributed by atoms with Gasteiger partial charge in [-0.05, 0) is 32.3 Å². The number of hydrogen-bond acceptors (Lipinski definition) is 4. The topological polar surface area (TPSA) is 53.5 Å². The second kappa shape index (κ2) is 9.13. The van der Waals surface area contributed by atoms with Gasteiger partial charge < -0.3 is 9.80 Å². The summed E-state index contributed by atoms with van der Waals surface area (Å²) in [5.41, 5.74) is 2.02. The van der Waals surface area contributed by atoms with Crippen LogP contribution in [0.5, 0.6) is 0 Å². The van der Waals surface area contributed by atoms with E-state index in [4.69, 9.17) is 0 Å². The molecular formula is C21H27N3O2S. The number of benzene rings is 1. The maximum absolute atomic E-state index is 12.8. The van der Waals surface area contributed by atoms with Crippen molar-refractivity contribution in [3.8, 4) is 0 Å². The minimum absolute atomic E-state index is 0.00886. The molecule has 2 heterocycles. The van der Waals surface area contributed by atoms with E-state index >= 15 is 0 Å². The lowest BCUT2D eigenvalue weighted by Crippen LogP contribution is -2.48. The van der Waals surface area contributed by atoms with Crippen LogP contribution in [0.15, 0.2) is 35.7 Å². The third-order valence-electron chi connectivity index (χ3n) is 5.06. The molecule has 5 nitrogen and oxygen atoms in total. The number of hydrogen-bond donors (Lipinski definition) is 0. The van der Waals surface area contributed by atoms with E-state index in [1.807, 2.05) is 42.3 Å². The van der Waals surface area contributed by atoms with Crippen molar-refractivity contribution in [2.75, 3.05) is 19.6 Å². The van der Waals surface area contributed by atoms with Gasteiger partial charge in [-0.25, -0.2) is 4.98 Å². The number of rotatable bonds is 7. The van der Waals surface area contributed by atoms with Gasteiger partial charge in [-0.3, -0.25) is 9.59 Å². The first kappa shape index (κ1) is 19.5. The lowest BCUT2D eigenvalue weighted by Gasteiger charge is -2.29. The van der Waals surface area contributed by atoms with E-state index in [0.717, 1.165) is 30.0 Å². The average Bonchev–Trinajstić information content (AvgIpc) is 3.33. The first-order chi connectivity index (χ1) is 13.1. The number of likely N-dealkylation sites (tertiary alicyclic amines) is 1. The molecular weight excluding hydrogens is 358 g/mol. The van der Waals surface area contributed by atoms with E-state index in [2.05, 4.69) is 17.1 Å². The van der Waals surface area contributed by atoms with Crippen LogP contribution in [-0.4, -0.2) is 52.3 Å². The molecule has 0 N–H and O–H groups in total. The third kappa shape index (κ3) is 4.75. The summed E-state index contributed by atoms with van der Waals surface area (Å²) >= 11 is 1.59. The molecule has 1 aromatic carbocycles. The van der Waals surface area contributed by atoms with E-state index < -0.39 is 0 Å². The molecule has 0 bridgehead atoms. The van der Waals surface area contributed by atoms with Crippen LogP contribution in [0.4, 0.5) is 0 Å². The van der Waals surface area contributed by atoms with E-state index in [1.54, 1.807) is 16.2 Å². The molecule has 2 amide bonds. The predicted molar refractivity (Wildman–Crippen MR) is 108 cm³/mol. The summed E-state index contributed by atoms with van der Waals surface area (Å²) in [6, 6.07) is 9.91. The summed E-state index contributed by atoms with van der Waals surface area (Å²) in [6.45, 7) is 5.99. The highest BCUT2D eigenvalue weighted by Gasteiger charge is 2.35. The molecule has 0 spiro atoms. The molecule has 6 heteroatoms. The minimum Gasteiger partial charge on any atom is -0.341 e. The summed E-state index contributed by atoms with van der Waals surface area (Å²) in [5.74, 6) is 0.0865. The zero-order valence-electron chi connectivity index (χ0n) is 16.1. The van der Waals surface area contributed by atoms with Crippen molar-refractivity contribution in [3.05, 3.63) is 52.0 Å². The van der Waals surface area contributed by atoms with Crippen LogP contribution in [-0.2, 0) is 22.4 Å². The third-order valence-corrected chi connectivity index (χ3v) is 5.96. The van der Waals surface area contributed by atoms with Gasteiger partial charge in [-0.2, -0.15) is 0 Å². The summed E-state index contributed by atoms with van der Waals surface area (Å²) in [6.07, 6.45) is 2.71. The Labute approximate surface area is 165 Å². The molecule has 144 valence electrons. The van der Waals surface area contributed by atoms with E-state index in [-0.39, 0.29) is 24.3 Å². The van der Waals surface area contributed by atoms with Crippen molar-refractivity contribution in [2.45, 2.75) is 45.6 Å². The fraction of sp³-hybridized carbons (Fsp3) is 0.476. The molecule has 1 atom stereocenters. The molecule has 1 unspecified atom stereocenters. The Hall–Kier alpha value is -2.21. The van der Waals surface area contributed by atoms with Crippen molar-refractivity contribution in [1.82, 2.24) is 14.8 Å². The molecule has 3 rings (SSSR count). The Morgan fingerprint density at radius 2 is 1.96 bits per heavy atom. The summed E-state index contributed by atoms with van der Waals surface area (Å²) in [5, 5.41) is 2.98. The first-order valence-electron chi connectivity index (χ1n) is 9.67. The Morgan fingerprint density at radius 1 is 1.22 bits per heavy atom. The predicted octanol–water partition coefficient (Wildman–Crippen LogP) is 3.14. The average molecular weight is 386 g/mol. The molecule has 1 aliphatic rings. The van der Waals surface area contributed by atoms with Gasteiger partial charge in [0.15, 0.2) is 0 Å². The van der Waals surface area contributed by atoms with Gasteiger partial charge in [0.25, 0.3) is 0 Å². The van der Waals surface area contributed by atoms with Gasteiger partial charge in [-0.1, -0.05) is 30.3 Å². The second-order valence-electron chi connectivity index (χ2n) is 6.83. The molecule has 2 aromatic rings. The van der Waals surface area contributed by atoms with Crippen molar-refractivity contribution in [3.63, 3.8) is 0 Å². The highest BCUT2D eigenvalue weighted by atomic mass is 32.1. The quantitative estimate of drug-likeness (QED) is 0.736. The van der Waals surface area contributed by atoms with Gasteiger partial charge in [0.1, 0.15) is 6.04 Å². The van der Waals surface area contributed by atoms with Gasteiger partial charge in [0.2, 0.25) is 11.8 Å².